The highest BCUT2D eigenvalue weighted by atomic mass is 19.1. The highest BCUT2D eigenvalue weighted by molar-refractivity contribution is 5.21. The zero-order chi connectivity index (χ0) is 12.4. The summed E-state index contributed by atoms with van der Waals surface area (Å²) in [6.45, 7) is 5.21. The molecular weight excluding hydrogens is 215 g/mol. The molecule has 2 N–H and O–H groups in total. The minimum atomic E-state index is -0.109. The van der Waals surface area contributed by atoms with E-state index in [0.717, 1.165) is 24.9 Å². The molecule has 17 heavy (non-hydrogen) atoms. The van der Waals surface area contributed by atoms with Crippen molar-refractivity contribution in [1.29, 1.82) is 0 Å². The summed E-state index contributed by atoms with van der Waals surface area (Å²) >= 11 is 0. The van der Waals surface area contributed by atoms with E-state index in [-0.39, 0.29) is 11.9 Å². The molecule has 2 nitrogen and oxygen atoms in total. The predicted octanol–water partition coefficient (Wildman–Crippen LogP) is 2.70. The Kier molecular flexibility index (Phi) is 3.79. The average Bonchev–Trinajstić information content (AvgIpc) is 2.29. The lowest BCUT2D eigenvalue weighted by molar-refractivity contribution is 0.102. The molecule has 0 spiro atoms. The van der Waals surface area contributed by atoms with Crippen molar-refractivity contribution in [2.24, 2.45) is 5.73 Å². The molecule has 3 unspecified atom stereocenters. The van der Waals surface area contributed by atoms with Gasteiger partial charge in [0.15, 0.2) is 0 Å². The van der Waals surface area contributed by atoms with E-state index in [1.807, 2.05) is 12.1 Å². The molecule has 3 heteroatoms. The SMILES string of the molecule is CC1CC(N)CCN1C(C)c1ccccc1F. The lowest BCUT2D eigenvalue weighted by Crippen LogP contribution is -2.46. The van der Waals surface area contributed by atoms with Crippen molar-refractivity contribution in [2.75, 3.05) is 6.54 Å². The summed E-state index contributed by atoms with van der Waals surface area (Å²) in [7, 11) is 0. The van der Waals surface area contributed by atoms with Gasteiger partial charge in [0.2, 0.25) is 0 Å². The van der Waals surface area contributed by atoms with Crippen molar-refractivity contribution in [1.82, 2.24) is 4.90 Å². The summed E-state index contributed by atoms with van der Waals surface area (Å²) in [5.41, 5.74) is 6.74. The average molecular weight is 236 g/mol. The van der Waals surface area contributed by atoms with E-state index in [1.165, 1.54) is 6.07 Å². The van der Waals surface area contributed by atoms with E-state index in [0.29, 0.717) is 12.1 Å². The van der Waals surface area contributed by atoms with Crippen LogP contribution in [0.25, 0.3) is 0 Å². The van der Waals surface area contributed by atoms with Gasteiger partial charge in [0, 0.05) is 30.2 Å². The molecule has 0 aromatic heterocycles. The first-order valence-corrected chi connectivity index (χ1v) is 6.35. The Bertz CT molecular complexity index is 380. The highest BCUT2D eigenvalue weighted by Gasteiger charge is 2.28. The van der Waals surface area contributed by atoms with E-state index < -0.39 is 0 Å². The number of hydrogen-bond donors (Lipinski definition) is 1. The van der Waals surface area contributed by atoms with Crippen LogP contribution in [0.4, 0.5) is 4.39 Å². The number of piperidine rings is 1. The van der Waals surface area contributed by atoms with Gasteiger partial charge in [-0.25, -0.2) is 4.39 Å². The molecule has 2 rings (SSSR count). The number of hydrogen-bond acceptors (Lipinski definition) is 2. The summed E-state index contributed by atoms with van der Waals surface area (Å²) in [4.78, 5) is 2.35. The Morgan fingerprint density at radius 3 is 2.76 bits per heavy atom. The highest BCUT2D eigenvalue weighted by Crippen LogP contribution is 2.29. The summed E-state index contributed by atoms with van der Waals surface area (Å²) in [6.07, 6.45) is 2.00. The number of benzene rings is 1. The van der Waals surface area contributed by atoms with Crippen LogP contribution in [-0.4, -0.2) is 23.5 Å². The molecule has 0 bridgehead atoms. The molecule has 0 aliphatic carbocycles. The number of nitrogens with two attached hydrogens (primary N) is 1. The van der Waals surface area contributed by atoms with Gasteiger partial charge in [-0.2, -0.15) is 0 Å². The maximum absolute atomic E-state index is 13.7. The summed E-state index contributed by atoms with van der Waals surface area (Å²) in [6, 6.07) is 7.89. The molecule has 1 aromatic rings. The van der Waals surface area contributed by atoms with Crippen molar-refractivity contribution in [3.63, 3.8) is 0 Å². The molecule has 0 amide bonds. The van der Waals surface area contributed by atoms with Gasteiger partial charge in [-0.05, 0) is 32.8 Å². The van der Waals surface area contributed by atoms with Gasteiger partial charge in [0.05, 0.1) is 0 Å². The van der Waals surface area contributed by atoms with E-state index >= 15 is 0 Å². The van der Waals surface area contributed by atoms with Gasteiger partial charge < -0.3 is 5.73 Å². The Labute approximate surface area is 103 Å². The van der Waals surface area contributed by atoms with Gasteiger partial charge >= 0.3 is 0 Å². The first-order chi connectivity index (χ1) is 8.09. The Morgan fingerprint density at radius 2 is 2.12 bits per heavy atom. The van der Waals surface area contributed by atoms with Gasteiger partial charge in [-0.15, -0.1) is 0 Å². The van der Waals surface area contributed by atoms with Crippen molar-refractivity contribution < 1.29 is 4.39 Å². The number of rotatable bonds is 2. The topological polar surface area (TPSA) is 29.3 Å². The lowest BCUT2D eigenvalue weighted by atomic mass is 9.95. The second kappa shape index (κ2) is 5.15. The quantitative estimate of drug-likeness (QED) is 0.855. The summed E-state index contributed by atoms with van der Waals surface area (Å²) in [5, 5.41) is 0. The molecule has 1 aliphatic heterocycles. The molecule has 1 aliphatic rings. The minimum Gasteiger partial charge on any atom is -0.328 e. The third-order valence-corrected chi connectivity index (χ3v) is 3.82. The van der Waals surface area contributed by atoms with Crippen LogP contribution in [0.2, 0.25) is 0 Å². The van der Waals surface area contributed by atoms with E-state index in [2.05, 4.69) is 18.7 Å². The normalized spacial score (nSPS) is 28.0. The standard InChI is InChI=1S/C14H21FN2/c1-10-9-12(16)7-8-17(10)11(2)13-5-3-4-6-14(13)15/h3-6,10-12H,7-9,16H2,1-2H3. The first-order valence-electron chi connectivity index (χ1n) is 6.35. The van der Waals surface area contributed by atoms with Crippen LogP contribution in [0.1, 0.15) is 38.3 Å². The molecule has 0 saturated carbocycles. The van der Waals surface area contributed by atoms with Gasteiger partial charge in [-0.1, -0.05) is 18.2 Å². The van der Waals surface area contributed by atoms with E-state index in [4.69, 9.17) is 5.73 Å². The number of nitrogens with zero attached hydrogens (tertiary/aromatic N) is 1. The minimum absolute atomic E-state index is 0.109. The van der Waals surface area contributed by atoms with Crippen molar-refractivity contribution >= 4 is 0 Å². The predicted molar refractivity (Wildman–Crippen MR) is 68.2 cm³/mol. The molecular formula is C14H21FN2. The number of likely N-dealkylation sites (tertiary alicyclic amines) is 1. The summed E-state index contributed by atoms with van der Waals surface area (Å²) < 4.78 is 13.7. The van der Waals surface area contributed by atoms with Gasteiger partial charge in [0.25, 0.3) is 0 Å². The second-order valence-corrected chi connectivity index (χ2v) is 5.07. The van der Waals surface area contributed by atoms with E-state index in [9.17, 15) is 4.39 Å². The Hall–Kier alpha value is -0.930. The molecule has 1 aromatic carbocycles. The third-order valence-electron chi connectivity index (χ3n) is 3.82. The fourth-order valence-corrected chi connectivity index (χ4v) is 2.79. The molecule has 1 fully saturated rings. The van der Waals surface area contributed by atoms with Crippen molar-refractivity contribution in [2.45, 2.75) is 44.8 Å². The second-order valence-electron chi connectivity index (χ2n) is 5.07. The maximum atomic E-state index is 13.7. The van der Waals surface area contributed by atoms with Crippen LogP contribution >= 0.6 is 0 Å². The summed E-state index contributed by atoms with van der Waals surface area (Å²) in [5.74, 6) is -0.109. The third kappa shape index (κ3) is 2.67. The largest absolute Gasteiger partial charge is 0.328 e. The van der Waals surface area contributed by atoms with Crippen LogP contribution in [0.3, 0.4) is 0 Å². The fraction of sp³-hybridized carbons (Fsp3) is 0.571. The van der Waals surface area contributed by atoms with Crippen LogP contribution < -0.4 is 5.73 Å². The zero-order valence-corrected chi connectivity index (χ0v) is 10.6. The Morgan fingerprint density at radius 1 is 1.41 bits per heavy atom. The lowest BCUT2D eigenvalue weighted by Gasteiger charge is -2.40. The van der Waals surface area contributed by atoms with Crippen molar-refractivity contribution in [3.05, 3.63) is 35.6 Å². The van der Waals surface area contributed by atoms with Crippen LogP contribution in [0.15, 0.2) is 24.3 Å². The van der Waals surface area contributed by atoms with Crippen LogP contribution in [0, 0.1) is 5.82 Å². The smallest absolute Gasteiger partial charge is 0.127 e. The van der Waals surface area contributed by atoms with Gasteiger partial charge in [0.1, 0.15) is 5.82 Å². The Balaban J connectivity index is 2.15. The van der Waals surface area contributed by atoms with Crippen LogP contribution in [0.5, 0.6) is 0 Å². The molecule has 3 atom stereocenters. The molecule has 94 valence electrons. The maximum Gasteiger partial charge on any atom is 0.127 e. The molecule has 1 heterocycles. The monoisotopic (exact) mass is 236 g/mol. The first kappa shape index (κ1) is 12.5. The fourth-order valence-electron chi connectivity index (χ4n) is 2.79. The molecule has 1 saturated heterocycles. The van der Waals surface area contributed by atoms with Gasteiger partial charge in [-0.3, -0.25) is 4.90 Å². The number of halogens is 1. The zero-order valence-electron chi connectivity index (χ0n) is 10.6. The van der Waals surface area contributed by atoms with E-state index in [1.54, 1.807) is 6.07 Å². The van der Waals surface area contributed by atoms with Crippen molar-refractivity contribution in [3.8, 4) is 0 Å². The van der Waals surface area contributed by atoms with Crippen LogP contribution in [-0.2, 0) is 0 Å². The molecule has 0 radical (unpaired) electrons.